The van der Waals surface area contributed by atoms with Crippen LogP contribution in [0.4, 0.5) is 4.39 Å². The van der Waals surface area contributed by atoms with Gasteiger partial charge in [0.05, 0.1) is 0 Å². The third-order valence-electron chi connectivity index (χ3n) is 3.55. The van der Waals surface area contributed by atoms with Gasteiger partial charge in [0.2, 0.25) is 10.0 Å². The van der Waals surface area contributed by atoms with Crippen LogP contribution < -0.4 is 5.73 Å². The normalized spacial score (nSPS) is 20.0. The molecule has 0 aromatic heterocycles. The second-order valence-electron chi connectivity index (χ2n) is 4.92. The van der Waals surface area contributed by atoms with E-state index in [1.165, 1.54) is 16.4 Å². The Labute approximate surface area is 135 Å². The first-order valence-electron chi connectivity index (χ1n) is 6.64. The molecule has 1 unspecified atom stereocenters. The van der Waals surface area contributed by atoms with Gasteiger partial charge in [-0.05, 0) is 44.0 Å². The van der Waals surface area contributed by atoms with Gasteiger partial charge in [-0.1, -0.05) is 18.0 Å². The van der Waals surface area contributed by atoms with E-state index >= 15 is 0 Å². The molecule has 1 heterocycles. The molecule has 1 aromatic carbocycles. The van der Waals surface area contributed by atoms with Gasteiger partial charge >= 0.3 is 0 Å². The average Bonchev–Trinajstić information content (AvgIpc) is 2.39. The zero-order chi connectivity index (χ0) is 14.8. The zero-order valence-corrected chi connectivity index (χ0v) is 13.9. The summed E-state index contributed by atoms with van der Waals surface area (Å²) in [5.41, 5.74) is 5.54. The largest absolute Gasteiger partial charge is 0.330 e. The summed E-state index contributed by atoms with van der Waals surface area (Å²) in [6, 6.07) is 3.49. The first-order valence-corrected chi connectivity index (χ1v) is 8.45. The highest BCUT2D eigenvalue weighted by molar-refractivity contribution is 7.89. The molecule has 1 saturated heterocycles. The summed E-state index contributed by atoms with van der Waals surface area (Å²) < 4.78 is 40.5. The molecule has 0 spiro atoms. The number of sulfonamides is 1. The fraction of sp³-hybridized carbons (Fsp3) is 0.538. The maximum absolute atomic E-state index is 13.9. The SMILES string of the molecule is Cl.NCCC1CCCCN1S(=O)(=O)c1ccc(Cl)cc1F. The van der Waals surface area contributed by atoms with Crippen molar-refractivity contribution < 1.29 is 12.8 Å². The van der Waals surface area contributed by atoms with Gasteiger partial charge in [-0.15, -0.1) is 12.4 Å². The maximum Gasteiger partial charge on any atom is 0.246 e. The molecular formula is C13H19Cl2FN2O2S. The van der Waals surface area contributed by atoms with Crippen molar-refractivity contribution in [1.82, 2.24) is 4.31 Å². The van der Waals surface area contributed by atoms with Crippen molar-refractivity contribution >= 4 is 34.0 Å². The summed E-state index contributed by atoms with van der Waals surface area (Å²) >= 11 is 5.67. The van der Waals surface area contributed by atoms with Gasteiger partial charge in [0.1, 0.15) is 10.7 Å². The lowest BCUT2D eigenvalue weighted by Gasteiger charge is -2.34. The number of nitrogens with zero attached hydrogens (tertiary/aromatic N) is 1. The minimum absolute atomic E-state index is 0. The van der Waals surface area contributed by atoms with E-state index in [-0.39, 0.29) is 28.4 Å². The molecule has 1 fully saturated rings. The molecule has 2 rings (SSSR count). The predicted molar refractivity (Wildman–Crippen MR) is 83.9 cm³/mol. The van der Waals surface area contributed by atoms with Crippen LogP contribution in [0.25, 0.3) is 0 Å². The second-order valence-corrected chi connectivity index (χ2v) is 7.21. The molecule has 120 valence electrons. The molecule has 8 heteroatoms. The highest BCUT2D eigenvalue weighted by Crippen LogP contribution is 2.29. The molecule has 4 nitrogen and oxygen atoms in total. The van der Waals surface area contributed by atoms with Crippen molar-refractivity contribution in [2.45, 2.75) is 36.6 Å². The molecule has 0 saturated carbocycles. The Hall–Kier alpha value is -0.400. The quantitative estimate of drug-likeness (QED) is 0.901. The zero-order valence-electron chi connectivity index (χ0n) is 11.5. The van der Waals surface area contributed by atoms with Crippen LogP contribution in [0.3, 0.4) is 0 Å². The van der Waals surface area contributed by atoms with Gasteiger partial charge in [0, 0.05) is 17.6 Å². The number of piperidine rings is 1. The van der Waals surface area contributed by atoms with Crippen molar-refractivity contribution in [3.63, 3.8) is 0 Å². The van der Waals surface area contributed by atoms with Crippen molar-refractivity contribution in [3.05, 3.63) is 29.0 Å². The second kappa shape index (κ2) is 7.74. The van der Waals surface area contributed by atoms with E-state index in [1.807, 2.05) is 0 Å². The van der Waals surface area contributed by atoms with Crippen molar-refractivity contribution in [2.24, 2.45) is 5.73 Å². The number of halogens is 3. The highest BCUT2D eigenvalue weighted by Gasteiger charge is 2.34. The molecule has 2 N–H and O–H groups in total. The van der Waals surface area contributed by atoms with E-state index in [0.717, 1.165) is 25.3 Å². The third kappa shape index (κ3) is 4.07. The molecule has 0 radical (unpaired) electrons. The van der Waals surface area contributed by atoms with Crippen LogP contribution in [0.15, 0.2) is 23.1 Å². The predicted octanol–water partition coefficient (Wildman–Crippen LogP) is 2.79. The lowest BCUT2D eigenvalue weighted by molar-refractivity contribution is 0.242. The number of hydrogen-bond acceptors (Lipinski definition) is 3. The Morgan fingerprint density at radius 1 is 1.38 bits per heavy atom. The smallest absolute Gasteiger partial charge is 0.246 e. The topological polar surface area (TPSA) is 63.4 Å². The fourth-order valence-electron chi connectivity index (χ4n) is 2.58. The van der Waals surface area contributed by atoms with Crippen LogP contribution in [0.2, 0.25) is 5.02 Å². The minimum Gasteiger partial charge on any atom is -0.330 e. The molecular weight excluding hydrogens is 338 g/mol. The Balaban J connectivity index is 0.00000220. The monoisotopic (exact) mass is 356 g/mol. The summed E-state index contributed by atoms with van der Waals surface area (Å²) in [7, 11) is -3.84. The lowest BCUT2D eigenvalue weighted by atomic mass is 10.0. The molecule has 1 aliphatic rings. The molecule has 0 amide bonds. The highest BCUT2D eigenvalue weighted by atomic mass is 35.5. The van der Waals surface area contributed by atoms with Crippen molar-refractivity contribution in [1.29, 1.82) is 0 Å². The van der Waals surface area contributed by atoms with Crippen molar-refractivity contribution in [3.8, 4) is 0 Å². The standard InChI is InChI=1S/C13H18ClFN2O2S.ClH/c14-10-4-5-13(12(15)9-10)20(18,19)17-8-2-1-3-11(17)6-7-16;/h4-5,9,11H,1-3,6-8,16H2;1H. The molecule has 0 aliphatic carbocycles. The van der Waals surface area contributed by atoms with Crippen LogP contribution >= 0.6 is 24.0 Å². The first-order chi connectivity index (χ1) is 9.46. The van der Waals surface area contributed by atoms with Crippen molar-refractivity contribution in [2.75, 3.05) is 13.1 Å². The van der Waals surface area contributed by atoms with Gasteiger partial charge in [-0.2, -0.15) is 4.31 Å². The molecule has 0 bridgehead atoms. The molecule has 1 aliphatic heterocycles. The summed E-state index contributed by atoms with van der Waals surface area (Å²) in [5, 5.41) is 0.179. The average molecular weight is 357 g/mol. The van der Waals surface area contributed by atoms with Gasteiger partial charge in [0.15, 0.2) is 0 Å². The van der Waals surface area contributed by atoms with Crippen LogP contribution in [-0.4, -0.2) is 31.9 Å². The van der Waals surface area contributed by atoms with Crippen LogP contribution in [0.5, 0.6) is 0 Å². The number of benzene rings is 1. The van der Waals surface area contributed by atoms with E-state index in [9.17, 15) is 12.8 Å². The number of hydrogen-bond donors (Lipinski definition) is 1. The van der Waals surface area contributed by atoms with E-state index < -0.39 is 15.8 Å². The third-order valence-corrected chi connectivity index (χ3v) is 5.77. The van der Waals surface area contributed by atoms with Crippen LogP contribution in [-0.2, 0) is 10.0 Å². The summed E-state index contributed by atoms with van der Waals surface area (Å²) in [6.07, 6.45) is 3.12. The van der Waals surface area contributed by atoms with Gasteiger partial charge in [-0.25, -0.2) is 12.8 Å². The first kappa shape index (κ1) is 18.6. The number of nitrogens with two attached hydrogens (primary N) is 1. The summed E-state index contributed by atoms with van der Waals surface area (Å²) in [5.74, 6) is -0.811. The van der Waals surface area contributed by atoms with E-state index in [2.05, 4.69) is 0 Å². The van der Waals surface area contributed by atoms with Gasteiger partial charge < -0.3 is 5.73 Å². The maximum atomic E-state index is 13.9. The van der Waals surface area contributed by atoms with Crippen LogP contribution in [0, 0.1) is 5.82 Å². The Bertz CT molecular complexity index is 582. The Morgan fingerprint density at radius 3 is 2.71 bits per heavy atom. The van der Waals surface area contributed by atoms with Gasteiger partial charge in [0.25, 0.3) is 0 Å². The van der Waals surface area contributed by atoms with Crippen LogP contribution in [0.1, 0.15) is 25.7 Å². The summed E-state index contributed by atoms with van der Waals surface area (Å²) in [4.78, 5) is -0.314. The summed E-state index contributed by atoms with van der Waals surface area (Å²) in [6.45, 7) is 0.828. The Kier molecular flexibility index (Phi) is 6.87. The van der Waals surface area contributed by atoms with Gasteiger partial charge in [-0.3, -0.25) is 0 Å². The van der Waals surface area contributed by atoms with E-state index in [0.29, 0.717) is 19.5 Å². The fourth-order valence-corrected chi connectivity index (χ4v) is 4.51. The van der Waals surface area contributed by atoms with E-state index in [4.69, 9.17) is 17.3 Å². The lowest BCUT2D eigenvalue weighted by Crippen LogP contribution is -2.44. The molecule has 21 heavy (non-hydrogen) atoms. The van der Waals surface area contributed by atoms with E-state index in [1.54, 1.807) is 0 Å². The number of rotatable bonds is 4. The Morgan fingerprint density at radius 2 is 2.10 bits per heavy atom. The molecule has 1 aromatic rings. The molecule has 1 atom stereocenters. The minimum atomic E-state index is -3.84.